The van der Waals surface area contributed by atoms with E-state index >= 15 is 0 Å². The van der Waals surface area contributed by atoms with Crippen LogP contribution in [-0.2, 0) is 4.74 Å². The highest BCUT2D eigenvalue weighted by atomic mass is 19.4. The number of hydrogen-bond acceptors (Lipinski definition) is 4. The summed E-state index contributed by atoms with van der Waals surface area (Å²) in [4.78, 5) is 4.55. The molecule has 2 fully saturated rings. The molecule has 1 saturated heterocycles. The number of nitrogens with one attached hydrogen (secondary N) is 1. The van der Waals surface area contributed by atoms with Crippen LogP contribution in [0.15, 0.2) is 12.1 Å². The van der Waals surface area contributed by atoms with Crippen molar-refractivity contribution in [3.05, 3.63) is 29.2 Å². The first-order valence-electron chi connectivity index (χ1n) is 9.17. The quantitative estimate of drug-likeness (QED) is 0.881. The molecule has 1 aliphatic carbocycles. The number of nitrogens with zero attached hydrogens (tertiary/aromatic N) is 3. The Bertz CT molecular complexity index is 775. The zero-order valence-corrected chi connectivity index (χ0v) is 14.7. The monoisotopic (exact) mass is 368 g/mol. The Morgan fingerprint density at radius 1 is 1.19 bits per heavy atom. The molecule has 1 atom stereocenters. The Kier molecular flexibility index (Phi) is 4.64. The number of hydrogen-bond donors (Lipinski definition) is 1. The molecule has 0 spiro atoms. The number of ether oxygens (including phenoxy) is 1. The van der Waals surface area contributed by atoms with E-state index in [9.17, 15) is 13.2 Å². The van der Waals surface area contributed by atoms with Crippen LogP contribution in [-0.4, -0.2) is 40.5 Å². The molecule has 3 heterocycles. The molecule has 2 aliphatic rings. The van der Waals surface area contributed by atoms with Crippen LogP contribution < -0.4 is 5.32 Å². The first kappa shape index (κ1) is 17.7. The van der Waals surface area contributed by atoms with E-state index in [2.05, 4.69) is 10.3 Å². The second kappa shape index (κ2) is 6.81. The van der Waals surface area contributed by atoms with Crippen LogP contribution in [0.2, 0.25) is 0 Å². The summed E-state index contributed by atoms with van der Waals surface area (Å²) in [6, 6.07) is 3.97. The lowest BCUT2D eigenvalue weighted by Crippen LogP contribution is -2.35. The summed E-state index contributed by atoms with van der Waals surface area (Å²) >= 11 is 0. The van der Waals surface area contributed by atoms with Crippen LogP contribution in [0.3, 0.4) is 0 Å². The molecule has 142 valence electrons. The number of aryl methyl sites for hydroxylation is 1. The largest absolute Gasteiger partial charge is 0.391 e. The van der Waals surface area contributed by atoms with Gasteiger partial charge in [0.2, 0.25) is 0 Å². The number of halogens is 3. The van der Waals surface area contributed by atoms with E-state index in [0.29, 0.717) is 26.1 Å². The highest BCUT2D eigenvalue weighted by Gasteiger charge is 2.42. The fraction of sp³-hybridized carbons (Fsp3) is 0.667. The van der Waals surface area contributed by atoms with Gasteiger partial charge in [0.05, 0.1) is 36.6 Å². The van der Waals surface area contributed by atoms with E-state index < -0.39 is 12.1 Å². The van der Waals surface area contributed by atoms with Crippen molar-refractivity contribution >= 4 is 5.65 Å². The summed E-state index contributed by atoms with van der Waals surface area (Å²) in [6.45, 7) is 3.98. The average Bonchev–Trinajstić information content (AvgIpc) is 3.05. The lowest BCUT2D eigenvalue weighted by Gasteiger charge is -2.28. The smallest absolute Gasteiger partial charge is 0.378 e. The maximum absolute atomic E-state index is 12.9. The molecular formula is C18H23F3N4O. The van der Waals surface area contributed by atoms with Crippen LogP contribution in [0, 0.1) is 12.8 Å². The maximum Gasteiger partial charge on any atom is 0.391 e. The summed E-state index contributed by atoms with van der Waals surface area (Å²) in [7, 11) is 0. The van der Waals surface area contributed by atoms with Gasteiger partial charge in [-0.15, -0.1) is 0 Å². The van der Waals surface area contributed by atoms with Gasteiger partial charge >= 0.3 is 6.18 Å². The van der Waals surface area contributed by atoms with Gasteiger partial charge in [-0.25, -0.2) is 9.50 Å². The van der Waals surface area contributed by atoms with Gasteiger partial charge in [-0.1, -0.05) is 0 Å². The molecule has 0 unspecified atom stereocenters. The van der Waals surface area contributed by atoms with Crippen molar-refractivity contribution in [2.75, 3.05) is 19.8 Å². The van der Waals surface area contributed by atoms with Crippen molar-refractivity contribution in [2.45, 2.75) is 50.7 Å². The summed E-state index contributed by atoms with van der Waals surface area (Å²) in [6.07, 6.45) is -2.68. The molecule has 26 heavy (non-hydrogen) atoms. The Hall–Kier alpha value is -1.67. The van der Waals surface area contributed by atoms with Crippen molar-refractivity contribution in [3.63, 3.8) is 0 Å². The van der Waals surface area contributed by atoms with Gasteiger partial charge in [-0.3, -0.25) is 0 Å². The van der Waals surface area contributed by atoms with E-state index in [-0.39, 0.29) is 24.8 Å². The van der Waals surface area contributed by atoms with Gasteiger partial charge in [0.1, 0.15) is 0 Å². The van der Waals surface area contributed by atoms with E-state index in [0.717, 1.165) is 29.3 Å². The zero-order chi connectivity index (χ0) is 18.3. The minimum Gasteiger partial charge on any atom is -0.378 e. The van der Waals surface area contributed by atoms with Gasteiger partial charge in [0, 0.05) is 24.2 Å². The molecule has 2 aromatic rings. The van der Waals surface area contributed by atoms with Gasteiger partial charge in [0.15, 0.2) is 5.65 Å². The fourth-order valence-corrected chi connectivity index (χ4v) is 4.07. The minimum absolute atomic E-state index is 0.0432. The summed E-state index contributed by atoms with van der Waals surface area (Å²) in [5.74, 6) is -1.10. The number of fused-ring (bicyclic) bond motifs is 1. The van der Waals surface area contributed by atoms with Crippen molar-refractivity contribution in [1.82, 2.24) is 19.9 Å². The third-order valence-electron chi connectivity index (χ3n) is 5.49. The molecule has 0 aromatic carbocycles. The normalized spacial score (nSPS) is 27.8. The number of aromatic nitrogens is 3. The molecule has 4 rings (SSSR count). The van der Waals surface area contributed by atoms with Crippen molar-refractivity contribution < 1.29 is 17.9 Å². The van der Waals surface area contributed by atoms with Gasteiger partial charge in [-0.2, -0.15) is 18.3 Å². The van der Waals surface area contributed by atoms with Gasteiger partial charge < -0.3 is 10.1 Å². The molecule has 1 saturated carbocycles. The summed E-state index contributed by atoms with van der Waals surface area (Å²) in [5.41, 5.74) is 3.48. The summed E-state index contributed by atoms with van der Waals surface area (Å²) in [5, 5.41) is 8.14. The fourth-order valence-electron chi connectivity index (χ4n) is 4.07. The molecule has 0 bridgehead atoms. The number of morpholine rings is 1. The molecule has 0 amide bonds. The Labute approximate surface area is 149 Å². The molecule has 5 nitrogen and oxygen atoms in total. The zero-order valence-electron chi connectivity index (χ0n) is 14.7. The highest BCUT2D eigenvalue weighted by molar-refractivity contribution is 5.43. The van der Waals surface area contributed by atoms with E-state index in [1.54, 1.807) is 0 Å². The summed E-state index contributed by atoms with van der Waals surface area (Å²) < 4.78 is 46.1. The molecule has 0 radical (unpaired) electrons. The highest BCUT2D eigenvalue weighted by Crippen LogP contribution is 2.42. The first-order chi connectivity index (χ1) is 12.4. The van der Waals surface area contributed by atoms with E-state index in [1.165, 1.54) is 0 Å². The van der Waals surface area contributed by atoms with Crippen molar-refractivity contribution in [2.24, 2.45) is 5.92 Å². The average molecular weight is 368 g/mol. The third kappa shape index (κ3) is 3.44. The molecule has 1 N–H and O–H groups in total. The lowest BCUT2D eigenvalue weighted by molar-refractivity contribution is -0.182. The molecule has 8 heteroatoms. The molecule has 1 aliphatic heterocycles. The number of alkyl halides is 3. The minimum atomic E-state index is -4.08. The standard InChI is InChI=1S/C18H23F3N4O/c1-11-8-16(15-10-26-7-6-22-15)25-17(23-11)9-14(24-25)12-2-4-13(5-3-12)18(19,20)21/h8-9,12-13,15,22H,2-7,10H2,1H3/t12-,13-,15-/m1/s1. The van der Waals surface area contributed by atoms with Crippen molar-refractivity contribution in [1.29, 1.82) is 0 Å². The molecule has 2 aromatic heterocycles. The predicted molar refractivity (Wildman–Crippen MR) is 90.0 cm³/mol. The second-order valence-corrected chi connectivity index (χ2v) is 7.33. The third-order valence-corrected chi connectivity index (χ3v) is 5.49. The Morgan fingerprint density at radius 2 is 1.96 bits per heavy atom. The Balaban J connectivity index is 1.60. The lowest BCUT2D eigenvalue weighted by atomic mass is 9.80. The number of rotatable bonds is 2. The second-order valence-electron chi connectivity index (χ2n) is 7.33. The maximum atomic E-state index is 12.9. The van der Waals surface area contributed by atoms with E-state index in [4.69, 9.17) is 9.84 Å². The first-order valence-corrected chi connectivity index (χ1v) is 9.17. The van der Waals surface area contributed by atoms with Crippen LogP contribution in [0.25, 0.3) is 5.65 Å². The van der Waals surface area contributed by atoms with Crippen molar-refractivity contribution in [3.8, 4) is 0 Å². The Morgan fingerprint density at radius 3 is 2.62 bits per heavy atom. The molecular weight excluding hydrogens is 345 g/mol. The van der Waals surface area contributed by atoms with Crippen LogP contribution >= 0.6 is 0 Å². The van der Waals surface area contributed by atoms with Gasteiger partial charge in [-0.05, 0) is 38.7 Å². The van der Waals surface area contributed by atoms with Gasteiger partial charge in [0.25, 0.3) is 0 Å². The SMILES string of the molecule is Cc1cc([C@H]2COCCN2)n2nc([C@H]3CC[C@H](C(F)(F)F)CC3)cc2n1. The van der Waals surface area contributed by atoms with Crippen LogP contribution in [0.5, 0.6) is 0 Å². The topological polar surface area (TPSA) is 51.5 Å². The van der Waals surface area contributed by atoms with Crippen LogP contribution in [0.1, 0.15) is 54.7 Å². The van der Waals surface area contributed by atoms with Crippen LogP contribution in [0.4, 0.5) is 13.2 Å². The van der Waals surface area contributed by atoms with E-state index in [1.807, 2.05) is 23.6 Å². The predicted octanol–water partition coefficient (Wildman–Crippen LogP) is 3.53.